The normalized spacial score (nSPS) is 16.6. The zero-order chi connectivity index (χ0) is 13.4. The molecule has 19 heavy (non-hydrogen) atoms. The molecule has 1 saturated carbocycles. The third kappa shape index (κ3) is 2.32. The fourth-order valence-corrected chi connectivity index (χ4v) is 3.08. The van der Waals surface area contributed by atoms with E-state index in [9.17, 15) is 0 Å². The van der Waals surface area contributed by atoms with Gasteiger partial charge in [0.1, 0.15) is 0 Å². The van der Waals surface area contributed by atoms with Crippen LogP contribution in [-0.2, 0) is 0 Å². The van der Waals surface area contributed by atoms with Crippen LogP contribution in [0.2, 0.25) is 0 Å². The second-order valence-electron chi connectivity index (χ2n) is 6.05. The van der Waals surface area contributed by atoms with Crippen LogP contribution < -0.4 is 5.73 Å². The molecule has 0 amide bonds. The molecular formula is C17H22N2. The smallest absolute Gasteiger partial charge is 0.0726 e. The van der Waals surface area contributed by atoms with Gasteiger partial charge in [-0.05, 0) is 42.5 Å². The molecule has 2 nitrogen and oxygen atoms in total. The van der Waals surface area contributed by atoms with Crippen molar-refractivity contribution in [3.8, 4) is 0 Å². The van der Waals surface area contributed by atoms with E-state index in [4.69, 9.17) is 10.7 Å². The summed E-state index contributed by atoms with van der Waals surface area (Å²) < 4.78 is 0. The van der Waals surface area contributed by atoms with Crippen molar-refractivity contribution in [3.05, 3.63) is 35.5 Å². The highest BCUT2D eigenvalue weighted by molar-refractivity contribution is 5.90. The van der Waals surface area contributed by atoms with E-state index >= 15 is 0 Å². The molecule has 1 aliphatic carbocycles. The van der Waals surface area contributed by atoms with Gasteiger partial charge in [-0.2, -0.15) is 0 Å². The Balaban J connectivity index is 2.08. The van der Waals surface area contributed by atoms with Crippen LogP contribution in [0.5, 0.6) is 0 Å². The van der Waals surface area contributed by atoms with Crippen molar-refractivity contribution in [1.82, 2.24) is 4.98 Å². The molecule has 3 rings (SSSR count). The number of aromatic nitrogens is 1. The zero-order valence-corrected chi connectivity index (χ0v) is 11.8. The molecule has 0 radical (unpaired) electrons. The molecule has 0 bridgehead atoms. The number of fused-ring (bicyclic) bond motifs is 1. The average Bonchev–Trinajstić information content (AvgIpc) is 2.92. The first-order valence-electron chi connectivity index (χ1n) is 7.35. The number of pyridine rings is 1. The first-order valence-corrected chi connectivity index (χ1v) is 7.35. The quantitative estimate of drug-likeness (QED) is 0.850. The maximum atomic E-state index is 6.25. The van der Waals surface area contributed by atoms with Gasteiger partial charge in [0, 0.05) is 22.7 Å². The Hall–Kier alpha value is -1.57. The maximum absolute atomic E-state index is 6.25. The van der Waals surface area contributed by atoms with Crippen LogP contribution in [0.15, 0.2) is 24.3 Å². The van der Waals surface area contributed by atoms with Crippen molar-refractivity contribution < 1.29 is 0 Å². The van der Waals surface area contributed by atoms with Gasteiger partial charge in [-0.15, -0.1) is 0 Å². The SMILES string of the molecule is CC(C)c1ccc2nc(C3CCCC3)cc(N)c2c1. The average molecular weight is 254 g/mol. The van der Waals surface area contributed by atoms with Gasteiger partial charge in [0.05, 0.1) is 5.52 Å². The summed E-state index contributed by atoms with van der Waals surface area (Å²) in [6, 6.07) is 8.60. The Labute approximate surface area is 115 Å². The first kappa shape index (κ1) is 12.5. The molecule has 2 N–H and O–H groups in total. The van der Waals surface area contributed by atoms with Crippen LogP contribution in [0.3, 0.4) is 0 Å². The van der Waals surface area contributed by atoms with Crippen molar-refractivity contribution >= 4 is 16.6 Å². The lowest BCUT2D eigenvalue weighted by Gasteiger charge is -2.13. The summed E-state index contributed by atoms with van der Waals surface area (Å²) >= 11 is 0. The second kappa shape index (κ2) is 4.84. The molecule has 0 atom stereocenters. The van der Waals surface area contributed by atoms with Crippen LogP contribution in [-0.4, -0.2) is 4.98 Å². The molecule has 1 aromatic carbocycles. The molecule has 2 heteroatoms. The summed E-state index contributed by atoms with van der Waals surface area (Å²) in [5.41, 5.74) is 10.7. The van der Waals surface area contributed by atoms with Crippen molar-refractivity contribution in [1.29, 1.82) is 0 Å². The highest BCUT2D eigenvalue weighted by Crippen LogP contribution is 2.35. The van der Waals surface area contributed by atoms with Crippen LogP contribution in [0.1, 0.15) is 62.6 Å². The number of benzene rings is 1. The summed E-state index contributed by atoms with van der Waals surface area (Å²) in [6.07, 6.45) is 5.19. The predicted octanol–water partition coefficient (Wildman–Crippen LogP) is 4.60. The minimum absolute atomic E-state index is 0.526. The maximum Gasteiger partial charge on any atom is 0.0726 e. The molecule has 1 heterocycles. The minimum atomic E-state index is 0.526. The van der Waals surface area contributed by atoms with Crippen molar-refractivity contribution in [2.24, 2.45) is 0 Å². The number of nitrogen functional groups attached to an aromatic ring is 1. The van der Waals surface area contributed by atoms with E-state index in [0.29, 0.717) is 11.8 Å². The highest BCUT2D eigenvalue weighted by atomic mass is 14.7. The highest BCUT2D eigenvalue weighted by Gasteiger charge is 2.19. The van der Waals surface area contributed by atoms with Gasteiger partial charge in [-0.3, -0.25) is 4.98 Å². The van der Waals surface area contributed by atoms with Crippen molar-refractivity contribution in [2.75, 3.05) is 5.73 Å². The molecule has 1 fully saturated rings. The molecule has 0 saturated heterocycles. The Kier molecular flexibility index (Phi) is 3.17. The van der Waals surface area contributed by atoms with Gasteiger partial charge < -0.3 is 5.73 Å². The van der Waals surface area contributed by atoms with Gasteiger partial charge in [-0.1, -0.05) is 32.8 Å². The third-order valence-electron chi connectivity index (χ3n) is 4.32. The summed E-state index contributed by atoms with van der Waals surface area (Å²) in [5.74, 6) is 1.15. The second-order valence-corrected chi connectivity index (χ2v) is 6.05. The molecular weight excluding hydrogens is 232 g/mol. The van der Waals surface area contributed by atoms with Crippen LogP contribution in [0, 0.1) is 0 Å². The van der Waals surface area contributed by atoms with Gasteiger partial charge in [0.2, 0.25) is 0 Å². The van der Waals surface area contributed by atoms with E-state index in [1.807, 2.05) is 0 Å². The molecule has 1 aliphatic rings. The molecule has 0 aliphatic heterocycles. The van der Waals surface area contributed by atoms with Crippen LogP contribution in [0.4, 0.5) is 5.69 Å². The summed E-state index contributed by atoms with van der Waals surface area (Å²) in [5, 5.41) is 1.10. The Bertz CT molecular complexity index is 595. The molecule has 0 unspecified atom stereocenters. The van der Waals surface area contributed by atoms with Gasteiger partial charge >= 0.3 is 0 Å². The number of hydrogen-bond donors (Lipinski definition) is 1. The summed E-state index contributed by atoms with van der Waals surface area (Å²) in [6.45, 7) is 4.41. The van der Waals surface area contributed by atoms with Gasteiger partial charge in [0.25, 0.3) is 0 Å². The molecule has 1 aromatic heterocycles. The lowest BCUT2D eigenvalue weighted by molar-refractivity contribution is 0.701. The van der Waals surface area contributed by atoms with Gasteiger partial charge in [0.15, 0.2) is 0 Å². The van der Waals surface area contributed by atoms with Crippen LogP contribution in [0.25, 0.3) is 10.9 Å². The third-order valence-corrected chi connectivity index (χ3v) is 4.32. The predicted molar refractivity (Wildman–Crippen MR) is 81.5 cm³/mol. The number of hydrogen-bond acceptors (Lipinski definition) is 2. The lowest BCUT2D eigenvalue weighted by Crippen LogP contribution is -2.00. The standard InChI is InChI=1S/C17H22N2/c1-11(2)13-7-8-16-14(9-13)15(18)10-17(19-16)12-5-3-4-6-12/h7-12H,3-6H2,1-2H3,(H2,18,19). The topological polar surface area (TPSA) is 38.9 Å². The Morgan fingerprint density at radius 3 is 2.58 bits per heavy atom. The van der Waals surface area contributed by atoms with Gasteiger partial charge in [-0.25, -0.2) is 0 Å². The van der Waals surface area contributed by atoms with Crippen molar-refractivity contribution in [2.45, 2.75) is 51.4 Å². The lowest BCUT2D eigenvalue weighted by atomic mass is 9.98. The monoisotopic (exact) mass is 254 g/mol. The molecule has 0 spiro atoms. The van der Waals surface area contributed by atoms with Crippen molar-refractivity contribution in [3.63, 3.8) is 0 Å². The minimum Gasteiger partial charge on any atom is -0.398 e. The summed E-state index contributed by atoms with van der Waals surface area (Å²) in [7, 11) is 0. The number of nitrogens with two attached hydrogens (primary N) is 1. The Morgan fingerprint density at radius 2 is 1.89 bits per heavy atom. The fourth-order valence-electron chi connectivity index (χ4n) is 3.08. The molecule has 100 valence electrons. The fraction of sp³-hybridized carbons (Fsp3) is 0.471. The van der Waals surface area contributed by atoms with E-state index in [-0.39, 0.29) is 0 Å². The van der Waals surface area contributed by atoms with E-state index < -0.39 is 0 Å². The summed E-state index contributed by atoms with van der Waals surface area (Å²) in [4.78, 5) is 4.84. The number of nitrogens with zero attached hydrogens (tertiary/aromatic N) is 1. The van der Waals surface area contributed by atoms with Crippen LogP contribution >= 0.6 is 0 Å². The van der Waals surface area contributed by atoms with E-state index in [0.717, 1.165) is 16.6 Å². The zero-order valence-electron chi connectivity index (χ0n) is 11.8. The van der Waals surface area contributed by atoms with E-state index in [2.05, 4.69) is 38.1 Å². The number of rotatable bonds is 2. The molecule has 2 aromatic rings. The van der Waals surface area contributed by atoms with E-state index in [1.165, 1.54) is 36.9 Å². The largest absolute Gasteiger partial charge is 0.398 e. The van der Waals surface area contributed by atoms with E-state index in [1.54, 1.807) is 0 Å². The first-order chi connectivity index (χ1) is 9.15. The Morgan fingerprint density at radius 1 is 1.16 bits per heavy atom. The number of anilines is 1.